The minimum Gasteiger partial charge on any atom is -0.479 e. The van der Waals surface area contributed by atoms with Crippen LogP contribution in [0.4, 0.5) is 0 Å². The lowest BCUT2D eigenvalue weighted by Gasteiger charge is -2.28. The van der Waals surface area contributed by atoms with Crippen molar-refractivity contribution in [2.45, 2.75) is 45.3 Å². The van der Waals surface area contributed by atoms with Gasteiger partial charge in [0.15, 0.2) is 6.10 Å². The molecule has 6 nitrogen and oxygen atoms in total. The van der Waals surface area contributed by atoms with Crippen molar-refractivity contribution in [3.05, 3.63) is 45.9 Å². The fraction of sp³-hybridized carbons (Fsp3) is 0.400. The molecule has 1 atom stereocenters. The Labute approximate surface area is 202 Å². The zero-order chi connectivity index (χ0) is 23.1. The monoisotopic (exact) mass is 483 g/mol. The van der Waals surface area contributed by atoms with Gasteiger partial charge in [0.1, 0.15) is 5.75 Å². The summed E-state index contributed by atoms with van der Waals surface area (Å²) in [5, 5.41) is 0.622. The van der Waals surface area contributed by atoms with Crippen LogP contribution in [0.3, 0.4) is 0 Å². The minimum absolute atomic E-state index is 0.0196. The Morgan fingerprint density at radius 3 is 2.76 bits per heavy atom. The molecule has 2 aliphatic heterocycles. The van der Waals surface area contributed by atoms with Gasteiger partial charge in [-0.3, -0.25) is 14.6 Å². The first-order chi connectivity index (χ1) is 15.9. The maximum absolute atomic E-state index is 13.1. The molecule has 4 heterocycles. The van der Waals surface area contributed by atoms with E-state index in [1.807, 2.05) is 29.2 Å². The second-order valence-corrected chi connectivity index (χ2v) is 10.4. The number of hydrogen-bond acceptors (Lipinski definition) is 5. The predicted molar refractivity (Wildman–Crippen MR) is 131 cm³/mol. The molecule has 1 saturated heterocycles. The number of ether oxygens (including phenoxy) is 1. The quantitative estimate of drug-likeness (QED) is 0.529. The van der Waals surface area contributed by atoms with Crippen LogP contribution in [-0.4, -0.2) is 52.8 Å². The van der Waals surface area contributed by atoms with Crippen LogP contribution >= 0.6 is 22.9 Å². The molecule has 3 aromatic rings. The molecule has 0 aliphatic carbocycles. The standard InChI is InChI=1S/C25H26ClN3O3S/c1-15(30)28(2)14-18-13-21-24(33-18)19(6-7-27-21)20-12-17(26)10-16-11-22(32-23(16)20)25(31)29-8-4-3-5-9-29/h6-7,10,12-13,22H,3-5,8-9,11,14H2,1-2H3. The van der Waals surface area contributed by atoms with Crippen LogP contribution in [0.25, 0.3) is 21.3 Å². The van der Waals surface area contributed by atoms with E-state index < -0.39 is 6.10 Å². The molecular weight excluding hydrogens is 458 g/mol. The molecule has 1 unspecified atom stereocenters. The topological polar surface area (TPSA) is 62.7 Å². The lowest BCUT2D eigenvalue weighted by atomic mass is 10.0. The number of hydrogen-bond donors (Lipinski definition) is 0. The summed E-state index contributed by atoms with van der Waals surface area (Å²) in [6.45, 7) is 3.71. The highest BCUT2D eigenvalue weighted by atomic mass is 35.5. The van der Waals surface area contributed by atoms with Gasteiger partial charge in [0.25, 0.3) is 5.91 Å². The third-order valence-corrected chi connectivity index (χ3v) is 7.78. The molecule has 33 heavy (non-hydrogen) atoms. The van der Waals surface area contributed by atoms with Crippen molar-refractivity contribution in [3.63, 3.8) is 0 Å². The van der Waals surface area contributed by atoms with Crippen molar-refractivity contribution in [3.8, 4) is 16.9 Å². The van der Waals surface area contributed by atoms with Crippen LogP contribution in [-0.2, 0) is 22.6 Å². The minimum atomic E-state index is -0.504. The van der Waals surface area contributed by atoms with Gasteiger partial charge in [0.2, 0.25) is 5.91 Å². The van der Waals surface area contributed by atoms with E-state index in [4.69, 9.17) is 16.3 Å². The van der Waals surface area contributed by atoms with Crippen LogP contribution in [0.2, 0.25) is 5.02 Å². The molecule has 1 aromatic carbocycles. The summed E-state index contributed by atoms with van der Waals surface area (Å²) >= 11 is 8.12. The summed E-state index contributed by atoms with van der Waals surface area (Å²) in [7, 11) is 1.79. The first kappa shape index (κ1) is 22.2. The van der Waals surface area contributed by atoms with E-state index in [0.29, 0.717) is 18.0 Å². The number of aromatic nitrogens is 1. The van der Waals surface area contributed by atoms with E-state index in [0.717, 1.165) is 63.5 Å². The van der Waals surface area contributed by atoms with Crippen molar-refractivity contribution in [1.82, 2.24) is 14.8 Å². The summed E-state index contributed by atoms with van der Waals surface area (Å²) in [5.41, 5.74) is 3.70. The van der Waals surface area contributed by atoms with Gasteiger partial charge in [-0.15, -0.1) is 11.3 Å². The number of halogens is 1. The Hall–Kier alpha value is -2.64. The van der Waals surface area contributed by atoms with Gasteiger partial charge in [0, 0.05) is 66.3 Å². The van der Waals surface area contributed by atoms with Crippen molar-refractivity contribution in [2.75, 3.05) is 20.1 Å². The van der Waals surface area contributed by atoms with Crippen LogP contribution in [0.1, 0.15) is 36.6 Å². The number of pyridine rings is 1. The van der Waals surface area contributed by atoms with Crippen molar-refractivity contribution in [2.24, 2.45) is 0 Å². The predicted octanol–water partition coefficient (Wildman–Crippen LogP) is 4.91. The maximum Gasteiger partial charge on any atom is 0.263 e. The van der Waals surface area contributed by atoms with E-state index in [1.165, 1.54) is 6.42 Å². The highest BCUT2D eigenvalue weighted by Gasteiger charge is 2.35. The summed E-state index contributed by atoms with van der Waals surface area (Å²) in [5.74, 6) is 0.822. The van der Waals surface area contributed by atoms with Crippen LogP contribution < -0.4 is 4.74 Å². The Morgan fingerprint density at radius 2 is 2.00 bits per heavy atom. The highest BCUT2D eigenvalue weighted by Crippen LogP contribution is 2.45. The fourth-order valence-corrected chi connectivity index (χ4v) is 6.04. The van der Waals surface area contributed by atoms with Gasteiger partial charge < -0.3 is 14.5 Å². The second-order valence-electron chi connectivity index (χ2n) is 8.80. The fourth-order valence-electron chi connectivity index (χ4n) is 4.60. The van der Waals surface area contributed by atoms with Gasteiger partial charge in [-0.2, -0.15) is 0 Å². The number of carbonyl (C=O) groups excluding carboxylic acids is 2. The molecule has 5 rings (SSSR count). The first-order valence-corrected chi connectivity index (χ1v) is 12.5. The molecule has 0 bridgehead atoms. The largest absolute Gasteiger partial charge is 0.479 e. The Morgan fingerprint density at radius 1 is 1.21 bits per heavy atom. The normalized spacial score (nSPS) is 17.7. The number of thiophene rings is 1. The van der Waals surface area contributed by atoms with Gasteiger partial charge in [-0.1, -0.05) is 11.6 Å². The van der Waals surface area contributed by atoms with Gasteiger partial charge in [-0.05, 0) is 43.5 Å². The van der Waals surface area contributed by atoms with Crippen LogP contribution in [0, 0.1) is 0 Å². The Balaban J connectivity index is 1.50. The van der Waals surface area contributed by atoms with Crippen molar-refractivity contribution in [1.29, 1.82) is 0 Å². The number of piperidine rings is 1. The van der Waals surface area contributed by atoms with E-state index in [9.17, 15) is 9.59 Å². The SMILES string of the molecule is CC(=O)N(C)Cc1cc2nccc(-c3cc(Cl)cc4c3OC(C(=O)N3CCCCC3)C4)c2s1. The molecule has 2 aromatic heterocycles. The number of carbonyl (C=O) groups is 2. The van der Waals surface area contributed by atoms with Crippen LogP contribution in [0.5, 0.6) is 5.75 Å². The summed E-state index contributed by atoms with van der Waals surface area (Å²) in [4.78, 5) is 34.0. The Kier molecular flexibility index (Phi) is 6.01. The number of amides is 2. The van der Waals surface area contributed by atoms with Crippen molar-refractivity contribution < 1.29 is 14.3 Å². The molecule has 172 valence electrons. The number of benzene rings is 1. The van der Waals surface area contributed by atoms with Crippen LogP contribution in [0.15, 0.2) is 30.5 Å². The number of rotatable bonds is 4. The number of nitrogens with zero attached hydrogens (tertiary/aromatic N) is 3. The number of fused-ring (bicyclic) bond motifs is 2. The molecule has 2 amide bonds. The smallest absolute Gasteiger partial charge is 0.263 e. The third kappa shape index (κ3) is 4.32. The van der Waals surface area contributed by atoms with E-state index >= 15 is 0 Å². The molecular formula is C25H26ClN3O3S. The van der Waals surface area contributed by atoms with E-state index in [-0.39, 0.29) is 11.8 Å². The Bertz CT molecular complexity index is 1240. The lowest BCUT2D eigenvalue weighted by molar-refractivity contribution is -0.138. The number of likely N-dealkylation sites (tertiary alicyclic amines) is 1. The first-order valence-electron chi connectivity index (χ1n) is 11.3. The molecule has 1 fully saturated rings. The average molecular weight is 484 g/mol. The third-order valence-electron chi connectivity index (χ3n) is 6.42. The second kappa shape index (κ2) is 8.95. The zero-order valence-corrected chi connectivity index (χ0v) is 20.3. The maximum atomic E-state index is 13.1. The molecule has 0 N–H and O–H groups in total. The van der Waals surface area contributed by atoms with Gasteiger partial charge >= 0.3 is 0 Å². The van der Waals surface area contributed by atoms with E-state index in [1.54, 1.807) is 36.4 Å². The zero-order valence-electron chi connectivity index (χ0n) is 18.8. The average Bonchev–Trinajstić information content (AvgIpc) is 3.42. The molecule has 2 aliphatic rings. The lowest BCUT2D eigenvalue weighted by Crippen LogP contribution is -2.43. The summed E-state index contributed by atoms with van der Waals surface area (Å²) in [6.07, 6.45) is 5.09. The van der Waals surface area contributed by atoms with E-state index in [2.05, 4.69) is 4.98 Å². The van der Waals surface area contributed by atoms with Gasteiger partial charge in [-0.25, -0.2) is 0 Å². The molecule has 0 saturated carbocycles. The molecule has 0 radical (unpaired) electrons. The highest BCUT2D eigenvalue weighted by molar-refractivity contribution is 7.19. The van der Waals surface area contributed by atoms with Gasteiger partial charge in [0.05, 0.1) is 16.8 Å². The molecule has 8 heteroatoms. The van der Waals surface area contributed by atoms with Crippen molar-refractivity contribution >= 4 is 45.0 Å². The summed E-state index contributed by atoms with van der Waals surface area (Å²) in [6, 6.07) is 7.80. The summed E-state index contributed by atoms with van der Waals surface area (Å²) < 4.78 is 7.31. The molecule has 0 spiro atoms.